The van der Waals surface area contributed by atoms with Crippen molar-refractivity contribution >= 4 is 11.7 Å². The molecule has 2 aliphatic rings. The average molecular weight is 339 g/mol. The van der Waals surface area contributed by atoms with Crippen molar-refractivity contribution in [1.82, 2.24) is 20.0 Å². The first-order valence-electron chi connectivity index (χ1n) is 8.71. The van der Waals surface area contributed by atoms with E-state index in [0.717, 1.165) is 43.2 Å². The molecule has 1 saturated heterocycles. The average Bonchev–Trinajstić information content (AvgIpc) is 3.39. The number of rotatable bonds is 4. The third kappa shape index (κ3) is 3.40. The molecule has 0 N–H and O–H groups in total. The van der Waals surface area contributed by atoms with E-state index in [0.29, 0.717) is 24.8 Å². The van der Waals surface area contributed by atoms with Gasteiger partial charge in [0, 0.05) is 43.9 Å². The number of carbonyl (C=O) groups is 1. The Hall–Kier alpha value is -2.70. The zero-order chi connectivity index (χ0) is 17.2. The number of amides is 1. The molecule has 0 spiro atoms. The highest BCUT2D eigenvalue weighted by Crippen LogP contribution is 2.39. The number of nitrogens with zero attached hydrogens (tertiary/aromatic N) is 5. The molecule has 7 heteroatoms. The summed E-state index contributed by atoms with van der Waals surface area (Å²) in [4.78, 5) is 24.9. The molecular formula is C18H21N5O2. The van der Waals surface area contributed by atoms with Gasteiger partial charge in [-0.3, -0.25) is 4.79 Å². The van der Waals surface area contributed by atoms with Crippen molar-refractivity contribution in [2.45, 2.75) is 25.7 Å². The Kier molecular flexibility index (Phi) is 4.21. The number of hydrogen-bond acceptors (Lipinski definition) is 6. The lowest BCUT2D eigenvalue weighted by Gasteiger charge is -2.35. The zero-order valence-electron chi connectivity index (χ0n) is 14.3. The summed E-state index contributed by atoms with van der Waals surface area (Å²) in [5.41, 5.74) is 0.862. The van der Waals surface area contributed by atoms with Gasteiger partial charge in [-0.1, -0.05) is 11.2 Å². The van der Waals surface area contributed by atoms with E-state index in [1.807, 2.05) is 24.0 Å². The SMILES string of the molecule is C/C=C\C(=O)N1CCN(c2ccc(-c3noc(C4CC4)n3)cn2)CC1. The molecule has 2 aromatic heterocycles. The highest BCUT2D eigenvalue weighted by atomic mass is 16.5. The molecule has 2 aromatic rings. The first-order chi connectivity index (χ1) is 12.2. The van der Waals surface area contributed by atoms with Crippen LogP contribution in [0.2, 0.25) is 0 Å². The zero-order valence-corrected chi connectivity index (χ0v) is 14.3. The Morgan fingerprint density at radius 1 is 1.24 bits per heavy atom. The van der Waals surface area contributed by atoms with Gasteiger partial charge in [0.25, 0.3) is 0 Å². The summed E-state index contributed by atoms with van der Waals surface area (Å²) in [6.07, 6.45) is 7.46. The van der Waals surface area contributed by atoms with Gasteiger partial charge in [0.05, 0.1) is 0 Å². The van der Waals surface area contributed by atoms with Gasteiger partial charge < -0.3 is 14.3 Å². The van der Waals surface area contributed by atoms with E-state index in [2.05, 4.69) is 20.0 Å². The molecule has 2 fully saturated rings. The van der Waals surface area contributed by atoms with Crippen LogP contribution in [-0.4, -0.2) is 52.1 Å². The van der Waals surface area contributed by atoms with Crippen LogP contribution in [0.5, 0.6) is 0 Å². The van der Waals surface area contributed by atoms with Gasteiger partial charge >= 0.3 is 0 Å². The van der Waals surface area contributed by atoms with Gasteiger partial charge in [-0.15, -0.1) is 0 Å². The Bertz CT molecular complexity index is 771. The molecule has 1 amide bonds. The number of hydrogen-bond donors (Lipinski definition) is 0. The summed E-state index contributed by atoms with van der Waals surface area (Å²) >= 11 is 0. The minimum Gasteiger partial charge on any atom is -0.353 e. The largest absolute Gasteiger partial charge is 0.353 e. The molecule has 1 saturated carbocycles. The van der Waals surface area contributed by atoms with E-state index >= 15 is 0 Å². The van der Waals surface area contributed by atoms with E-state index in [4.69, 9.17) is 4.52 Å². The first kappa shape index (κ1) is 15.8. The molecule has 0 aromatic carbocycles. The second-order valence-corrected chi connectivity index (χ2v) is 6.45. The molecule has 1 aliphatic carbocycles. The number of anilines is 1. The third-order valence-electron chi connectivity index (χ3n) is 4.60. The monoisotopic (exact) mass is 339 g/mol. The molecule has 1 aliphatic heterocycles. The standard InChI is InChI=1S/C18H21N5O2/c1-2-3-16(24)23-10-8-22(9-11-23)15-7-6-14(12-19-15)17-20-18(25-21-17)13-4-5-13/h2-3,6-7,12-13H,4-5,8-11H2,1H3/b3-2-. The maximum Gasteiger partial charge on any atom is 0.246 e. The molecule has 0 unspecified atom stereocenters. The van der Waals surface area contributed by atoms with Crippen molar-refractivity contribution in [3.8, 4) is 11.4 Å². The second-order valence-electron chi connectivity index (χ2n) is 6.45. The molecule has 0 atom stereocenters. The van der Waals surface area contributed by atoms with Gasteiger partial charge in [-0.05, 0) is 38.0 Å². The van der Waals surface area contributed by atoms with Gasteiger partial charge in [0.1, 0.15) is 5.82 Å². The highest BCUT2D eigenvalue weighted by molar-refractivity contribution is 5.87. The van der Waals surface area contributed by atoms with E-state index in [1.165, 1.54) is 0 Å². The third-order valence-corrected chi connectivity index (χ3v) is 4.60. The number of pyridine rings is 1. The van der Waals surface area contributed by atoms with Crippen molar-refractivity contribution in [2.24, 2.45) is 0 Å². The summed E-state index contributed by atoms with van der Waals surface area (Å²) in [6.45, 7) is 4.84. The molecular weight excluding hydrogens is 318 g/mol. The van der Waals surface area contributed by atoms with Gasteiger partial charge in [0.15, 0.2) is 0 Å². The lowest BCUT2D eigenvalue weighted by Crippen LogP contribution is -2.48. The van der Waals surface area contributed by atoms with E-state index in [9.17, 15) is 4.79 Å². The highest BCUT2D eigenvalue weighted by Gasteiger charge is 2.29. The minimum absolute atomic E-state index is 0.0778. The maximum atomic E-state index is 11.9. The molecule has 7 nitrogen and oxygen atoms in total. The fourth-order valence-corrected chi connectivity index (χ4v) is 2.96. The quantitative estimate of drug-likeness (QED) is 0.795. The summed E-state index contributed by atoms with van der Waals surface area (Å²) in [5, 5.41) is 4.05. The number of allylic oxidation sites excluding steroid dienone is 1. The second kappa shape index (κ2) is 6.66. The van der Waals surface area contributed by atoms with Crippen LogP contribution in [0.25, 0.3) is 11.4 Å². The van der Waals surface area contributed by atoms with Crippen LogP contribution in [0.4, 0.5) is 5.82 Å². The Morgan fingerprint density at radius 3 is 2.68 bits per heavy atom. The predicted molar refractivity (Wildman–Crippen MR) is 93.1 cm³/mol. The number of aromatic nitrogens is 3. The molecule has 0 bridgehead atoms. The van der Waals surface area contributed by atoms with Crippen molar-refractivity contribution in [3.63, 3.8) is 0 Å². The summed E-state index contributed by atoms with van der Waals surface area (Å²) < 4.78 is 5.30. The molecule has 25 heavy (non-hydrogen) atoms. The van der Waals surface area contributed by atoms with Crippen LogP contribution in [0.15, 0.2) is 35.0 Å². The topological polar surface area (TPSA) is 75.4 Å². The number of piperazine rings is 1. The Labute approximate surface area is 146 Å². The summed E-state index contributed by atoms with van der Waals surface area (Å²) in [7, 11) is 0. The smallest absolute Gasteiger partial charge is 0.246 e. The summed E-state index contributed by atoms with van der Waals surface area (Å²) in [6, 6.07) is 3.95. The van der Waals surface area contributed by atoms with E-state index in [1.54, 1.807) is 18.3 Å². The van der Waals surface area contributed by atoms with Gasteiger partial charge in [0.2, 0.25) is 17.6 Å². The Balaban J connectivity index is 1.39. The molecule has 4 rings (SSSR count). The van der Waals surface area contributed by atoms with E-state index in [-0.39, 0.29) is 5.91 Å². The fourth-order valence-electron chi connectivity index (χ4n) is 2.96. The summed E-state index contributed by atoms with van der Waals surface area (Å²) in [5.74, 6) is 2.78. The first-order valence-corrected chi connectivity index (χ1v) is 8.71. The van der Waals surface area contributed by atoms with Gasteiger partial charge in [-0.25, -0.2) is 4.98 Å². The lowest BCUT2D eigenvalue weighted by atomic mass is 10.2. The molecule has 130 valence electrons. The van der Waals surface area contributed by atoms with Crippen molar-refractivity contribution in [2.75, 3.05) is 31.1 Å². The fraction of sp³-hybridized carbons (Fsp3) is 0.444. The van der Waals surface area contributed by atoms with E-state index < -0.39 is 0 Å². The van der Waals surface area contributed by atoms with Crippen molar-refractivity contribution < 1.29 is 9.32 Å². The van der Waals surface area contributed by atoms with Crippen molar-refractivity contribution in [3.05, 3.63) is 36.4 Å². The Morgan fingerprint density at radius 2 is 2.04 bits per heavy atom. The van der Waals surface area contributed by atoms with Crippen LogP contribution in [0.1, 0.15) is 31.6 Å². The van der Waals surface area contributed by atoms with Crippen molar-refractivity contribution in [1.29, 1.82) is 0 Å². The van der Waals surface area contributed by atoms with Crippen LogP contribution in [-0.2, 0) is 4.79 Å². The van der Waals surface area contributed by atoms with Crippen LogP contribution in [0.3, 0.4) is 0 Å². The normalized spacial score (nSPS) is 18.1. The van der Waals surface area contributed by atoms with Crippen LogP contribution in [0, 0.1) is 0 Å². The molecule has 0 radical (unpaired) electrons. The van der Waals surface area contributed by atoms with Crippen LogP contribution >= 0.6 is 0 Å². The lowest BCUT2D eigenvalue weighted by molar-refractivity contribution is -0.126. The molecule has 3 heterocycles. The van der Waals surface area contributed by atoms with Gasteiger partial charge in [-0.2, -0.15) is 4.98 Å². The minimum atomic E-state index is 0.0778. The predicted octanol–water partition coefficient (Wildman–Crippen LogP) is 2.23. The maximum absolute atomic E-state index is 11.9. The number of carbonyl (C=O) groups excluding carboxylic acids is 1. The van der Waals surface area contributed by atoms with Crippen LogP contribution < -0.4 is 4.90 Å².